The van der Waals surface area contributed by atoms with E-state index in [9.17, 15) is 0 Å². The lowest BCUT2D eigenvalue weighted by molar-refractivity contribution is 0.152. The molecule has 1 aromatic rings. The van der Waals surface area contributed by atoms with Gasteiger partial charge < -0.3 is 9.84 Å². The maximum Gasteiger partial charge on any atom is 0.119 e. The topological polar surface area (TPSA) is 32.7 Å². The predicted octanol–water partition coefficient (Wildman–Crippen LogP) is 2.80. The Bertz CT molecular complexity index is 516. The third kappa shape index (κ3) is 4.49. The zero-order valence-electron chi connectivity index (χ0n) is 13.1. The highest BCUT2D eigenvalue weighted by Crippen LogP contribution is 2.23. The van der Waals surface area contributed by atoms with Crippen molar-refractivity contribution >= 4 is 0 Å². The molecular formula is C18H25NO2. The molecule has 1 aliphatic rings. The first kappa shape index (κ1) is 15.9. The van der Waals surface area contributed by atoms with Gasteiger partial charge in [-0.25, -0.2) is 0 Å². The number of aliphatic hydroxyl groups excluding tert-OH is 1. The number of likely N-dealkylation sites (tertiary alicyclic amines) is 1. The molecule has 0 bridgehead atoms. The number of rotatable bonds is 4. The number of benzene rings is 1. The molecule has 2 rings (SSSR count). The zero-order valence-corrected chi connectivity index (χ0v) is 13.1. The molecule has 1 atom stereocenters. The van der Waals surface area contributed by atoms with Gasteiger partial charge >= 0.3 is 0 Å². The summed E-state index contributed by atoms with van der Waals surface area (Å²) in [4.78, 5) is 2.52. The fourth-order valence-corrected chi connectivity index (χ4v) is 2.77. The first-order valence-corrected chi connectivity index (χ1v) is 7.75. The molecule has 1 fully saturated rings. The molecule has 1 saturated heterocycles. The monoisotopic (exact) mass is 287 g/mol. The Balaban J connectivity index is 2.20. The van der Waals surface area contributed by atoms with Gasteiger partial charge in [0.05, 0.1) is 13.7 Å². The van der Waals surface area contributed by atoms with Crippen LogP contribution in [0.15, 0.2) is 18.2 Å². The van der Waals surface area contributed by atoms with Crippen LogP contribution >= 0.6 is 0 Å². The average molecular weight is 287 g/mol. The SMILES string of the molecule is COc1ccc(C#CCCO)c(CN2CCCCC2C)c1. The number of methoxy groups -OCH3 is 1. The number of piperidine rings is 1. The van der Waals surface area contributed by atoms with Crippen molar-refractivity contribution in [2.24, 2.45) is 0 Å². The van der Waals surface area contributed by atoms with Crippen LogP contribution in [0.25, 0.3) is 0 Å². The predicted molar refractivity (Wildman–Crippen MR) is 85.3 cm³/mol. The Labute approximate surface area is 127 Å². The van der Waals surface area contributed by atoms with Crippen molar-refractivity contribution in [3.05, 3.63) is 29.3 Å². The van der Waals surface area contributed by atoms with Gasteiger partial charge in [-0.15, -0.1) is 0 Å². The Morgan fingerprint density at radius 1 is 1.38 bits per heavy atom. The van der Waals surface area contributed by atoms with Crippen LogP contribution in [0.5, 0.6) is 5.75 Å². The minimum Gasteiger partial charge on any atom is -0.497 e. The van der Waals surface area contributed by atoms with Gasteiger partial charge in [0.15, 0.2) is 0 Å². The van der Waals surface area contributed by atoms with Crippen LogP contribution in [0.2, 0.25) is 0 Å². The smallest absolute Gasteiger partial charge is 0.119 e. The van der Waals surface area contributed by atoms with E-state index in [0.717, 1.165) is 24.4 Å². The summed E-state index contributed by atoms with van der Waals surface area (Å²) >= 11 is 0. The average Bonchev–Trinajstić information content (AvgIpc) is 2.51. The zero-order chi connectivity index (χ0) is 15.1. The van der Waals surface area contributed by atoms with Gasteiger partial charge in [0.1, 0.15) is 5.75 Å². The van der Waals surface area contributed by atoms with Crippen molar-refractivity contribution in [1.29, 1.82) is 0 Å². The van der Waals surface area contributed by atoms with Gasteiger partial charge in [0.2, 0.25) is 0 Å². The molecule has 0 aliphatic carbocycles. The number of ether oxygens (including phenoxy) is 1. The van der Waals surface area contributed by atoms with Crippen molar-refractivity contribution in [2.45, 2.75) is 45.2 Å². The first-order valence-electron chi connectivity index (χ1n) is 7.75. The molecular weight excluding hydrogens is 262 g/mol. The number of hydrogen-bond donors (Lipinski definition) is 1. The Morgan fingerprint density at radius 2 is 2.24 bits per heavy atom. The van der Waals surface area contributed by atoms with E-state index >= 15 is 0 Å². The second-order valence-electron chi connectivity index (χ2n) is 5.61. The first-order chi connectivity index (χ1) is 10.2. The van der Waals surface area contributed by atoms with E-state index in [1.807, 2.05) is 12.1 Å². The second kappa shape index (κ2) is 8.07. The third-order valence-electron chi connectivity index (χ3n) is 4.09. The van der Waals surface area contributed by atoms with Crippen molar-refractivity contribution in [3.63, 3.8) is 0 Å². The lowest BCUT2D eigenvalue weighted by Crippen LogP contribution is -2.36. The summed E-state index contributed by atoms with van der Waals surface area (Å²) < 4.78 is 5.34. The van der Waals surface area contributed by atoms with Gasteiger partial charge in [-0.3, -0.25) is 4.90 Å². The van der Waals surface area contributed by atoms with Crippen LogP contribution in [0, 0.1) is 11.8 Å². The van der Waals surface area contributed by atoms with E-state index in [1.54, 1.807) is 7.11 Å². The van der Waals surface area contributed by atoms with Crippen LogP contribution in [0.4, 0.5) is 0 Å². The summed E-state index contributed by atoms with van der Waals surface area (Å²) in [5.41, 5.74) is 2.26. The van der Waals surface area contributed by atoms with Crippen LogP contribution in [-0.2, 0) is 6.54 Å². The standard InChI is InChI=1S/C18H25NO2/c1-15-7-3-5-11-19(15)14-17-13-18(21-2)10-9-16(17)8-4-6-12-20/h9-10,13,15,20H,3,5-7,11-12,14H2,1-2H3. The highest BCUT2D eigenvalue weighted by molar-refractivity contribution is 5.45. The molecule has 0 amide bonds. The summed E-state index contributed by atoms with van der Waals surface area (Å²) in [5.74, 6) is 7.07. The van der Waals surface area contributed by atoms with E-state index in [2.05, 4.69) is 29.7 Å². The minimum absolute atomic E-state index is 0.113. The molecule has 1 aromatic carbocycles. The van der Waals surface area contributed by atoms with Crippen molar-refractivity contribution in [3.8, 4) is 17.6 Å². The molecule has 3 heteroatoms. The van der Waals surface area contributed by atoms with E-state index in [1.165, 1.54) is 24.8 Å². The molecule has 0 spiro atoms. The summed E-state index contributed by atoms with van der Waals surface area (Å²) in [6.07, 6.45) is 4.40. The molecule has 1 N–H and O–H groups in total. The third-order valence-corrected chi connectivity index (χ3v) is 4.09. The van der Waals surface area contributed by atoms with E-state index in [-0.39, 0.29) is 6.61 Å². The largest absolute Gasteiger partial charge is 0.497 e. The number of nitrogens with zero attached hydrogens (tertiary/aromatic N) is 1. The van der Waals surface area contributed by atoms with E-state index in [4.69, 9.17) is 9.84 Å². The molecule has 0 radical (unpaired) electrons. The maximum atomic E-state index is 8.86. The molecule has 1 heterocycles. The Hall–Kier alpha value is -1.50. The summed E-state index contributed by atoms with van der Waals surface area (Å²) in [6.45, 7) is 4.49. The van der Waals surface area contributed by atoms with Gasteiger partial charge in [0.25, 0.3) is 0 Å². The molecule has 3 nitrogen and oxygen atoms in total. The second-order valence-corrected chi connectivity index (χ2v) is 5.61. The Morgan fingerprint density at radius 3 is 2.95 bits per heavy atom. The van der Waals surface area contributed by atoms with Crippen LogP contribution in [0.3, 0.4) is 0 Å². The maximum absolute atomic E-state index is 8.86. The summed E-state index contributed by atoms with van der Waals surface area (Å²) in [6, 6.07) is 6.69. The number of aliphatic hydroxyl groups is 1. The van der Waals surface area contributed by atoms with Crippen LogP contribution in [-0.4, -0.2) is 36.3 Å². The Kier molecular flexibility index (Phi) is 6.10. The highest BCUT2D eigenvalue weighted by atomic mass is 16.5. The van der Waals surface area contributed by atoms with E-state index in [0.29, 0.717) is 12.5 Å². The van der Waals surface area contributed by atoms with Crippen LogP contribution < -0.4 is 4.74 Å². The fraction of sp³-hybridized carbons (Fsp3) is 0.556. The molecule has 21 heavy (non-hydrogen) atoms. The molecule has 114 valence electrons. The molecule has 0 saturated carbocycles. The fourth-order valence-electron chi connectivity index (χ4n) is 2.77. The van der Waals surface area contributed by atoms with Crippen molar-refractivity contribution in [2.75, 3.05) is 20.3 Å². The summed E-state index contributed by atoms with van der Waals surface area (Å²) in [5, 5.41) is 8.86. The normalized spacial score (nSPS) is 18.9. The van der Waals surface area contributed by atoms with Crippen molar-refractivity contribution < 1.29 is 9.84 Å². The van der Waals surface area contributed by atoms with E-state index < -0.39 is 0 Å². The lowest BCUT2D eigenvalue weighted by atomic mass is 10.0. The van der Waals surface area contributed by atoms with Gasteiger partial charge in [0, 0.05) is 24.6 Å². The molecule has 0 aromatic heterocycles. The molecule has 1 unspecified atom stereocenters. The summed E-state index contributed by atoms with van der Waals surface area (Å²) in [7, 11) is 1.69. The minimum atomic E-state index is 0.113. The van der Waals surface area contributed by atoms with Gasteiger partial charge in [-0.1, -0.05) is 18.3 Å². The molecule has 1 aliphatic heterocycles. The lowest BCUT2D eigenvalue weighted by Gasteiger charge is -2.33. The quantitative estimate of drug-likeness (QED) is 0.864. The van der Waals surface area contributed by atoms with Crippen LogP contribution in [0.1, 0.15) is 43.7 Å². The van der Waals surface area contributed by atoms with Gasteiger partial charge in [-0.05, 0) is 50.1 Å². The number of hydrogen-bond acceptors (Lipinski definition) is 3. The highest BCUT2D eigenvalue weighted by Gasteiger charge is 2.19. The van der Waals surface area contributed by atoms with Gasteiger partial charge in [-0.2, -0.15) is 0 Å². The van der Waals surface area contributed by atoms with Crippen molar-refractivity contribution in [1.82, 2.24) is 4.90 Å².